The minimum absolute atomic E-state index is 0.147. The van der Waals surface area contributed by atoms with Gasteiger partial charge in [-0.1, -0.05) is 6.07 Å². The van der Waals surface area contributed by atoms with E-state index in [9.17, 15) is 31.1 Å². The molecule has 0 bridgehead atoms. The zero-order chi connectivity index (χ0) is 25.5. The summed E-state index contributed by atoms with van der Waals surface area (Å²) >= 11 is 0. The SMILES string of the molecule is CC(F)(F)CNC(=O)C(CC(C)(F)F)c1ccc2[nH]c([C@@H](N)C3CCC(F)(F)CC3)nc2c1F. The minimum atomic E-state index is -3.39. The molecule has 1 aliphatic rings. The third kappa shape index (κ3) is 6.39. The van der Waals surface area contributed by atoms with E-state index in [1.54, 1.807) is 0 Å². The Hall–Kier alpha value is -2.37. The van der Waals surface area contributed by atoms with E-state index in [1.165, 1.54) is 6.07 Å². The highest BCUT2D eigenvalue weighted by atomic mass is 19.3. The highest BCUT2D eigenvalue weighted by molar-refractivity contribution is 5.86. The van der Waals surface area contributed by atoms with Gasteiger partial charge in [-0.05, 0) is 31.7 Å². The summed E-state index contributed by atoms with van der Waals surface area (Å²) in [5.74, 6) is -13.6. The van der Waals surface area contributed by atoms with E-state index >= 15 is 4.39 Å². The van der Waals surface area contributed by atoms with Gasteiger partial charge < -0.3 is 16.0 Å². The second-order valence-electron chi connectivity index (χ2n) is 9.32. The van der Waals surface area contributed by atoms with E-state index in [0.717, 1.165) is 6.07 Å². The number of nitrogens with zero attached hydrogens (tertiary/aromatic N) is 1. The zero-order valence-corrected chi connectivity index (χ0v) is 18.7. The van der Waals surface area contributed by atoms with Crippen LogP contribution in [0.2, 0.25) is 0 Å². The number of aromatic amines is 1. The highest BCUT2D eigenvalue weighted by Gasteiger charge is 2.39. The van der Waals surface area contributed by atoms with Gasteiger partial charge in [0.1, 0.15) is 11.3 Å². The Morgan fingerprint density at radius 2 is 1.82 bits per heavy atom. The fraction of sp³-hybridized carbons (Fsp3) is 0.636. The Morgan fingerprint density at radius 3 is 2.38 bits per heavy atom. The number of H-pyrrole nitrogens is 1. The fourth-order valence-corrected chi connectivity index (χ4v) is 4.22. The molecule has 5 nitrogen and oxygen atoms in total. The molecule has 190 valence electrons. The first-order chi connectivity index (χ1) is 15.6. The molecule has 1 aromatic carbocycles. The number of amides is 1. The van der Waals surface area contributed by atoms with E-state index in [2.05, 4.69) is 9.97 Å². The van der Waals surface area contributed by atoms with Crippen LogP contribution in [0.15, 0.2) is 12.1 Å². The fourth-order valence-electron chi connectivity index (χ4n) is 4.22. The summed E-state index contributed by atoms with van der Waals surface area (Å²) in [4.78, 5) is 19.4. The first-order valence-electron chi connectivity index (χ1n) is 10.9. The Labute approximate surface area is 191 Å². The van der Waals surface area contributed by atoms with Crippen molar-refractivity contribution in [1.29, 1.82) is 0 Å². The summed E-state index contributed by atoms with van der Waals surface area (Å²) in [6.07, 6.45) is -1.42. The molecule has 0 spiro atoms. The van der Waals surface area contributed by atoms with Crippen molar-refractivity contribution in [1.82, 2.24) is 15.3 Å². The minimum Gasteiger partial charge on any atom is -0.350 e. The van der Waals surface area contributed by atoms with Crippen LogP contribution >= 0.6 is 0 Å². The summed E-state index contributed by atoms with van der Waals surface area (Å²) in [5.41, 5.74) is 5.68. The Kier molecular flexibility index (Phi) is 7.22. The van der Waals surface area contributed by atoms with Crippen LogP contribution in [0.5, 0.6) is 0 Å². The van der Waals surface area contributed by atoms with Crippen LogP contribution in [0, 0.1) is 11.7 Å². The van der Waals surface area contributed by atoms with Gasteiger partial charge in [0.05, 0.1) is 24.0 Å². The van der Waals surface area contributed by atoms with Gasteiger partial charge in [0.15, 0.2) is 5.82 Å². The average Bonchev–Trinajstić information content (AvgIpc) is 3.14. The highest BCUT2D eigenvalue weighted by Crippen LogP contribution is 2.41. The quantitative estimate of drug-likeness (QED) is 0.427. The molecule has 1 heterocycles. The molecule has 1 amide bonds. The molecule has 1 aromatic heterocycles. The van der Waals surface area contributed by atoms with E-state index in [1.807, 2.05) is 5.32 Å². The number of imidazole rings is 1. The molecule has 0 radical (unpaired) electrons. The molecule has 12 heteroatoms. The molecule has 0 aliphatic heterocycles. The maximum atomic E-state index is 15.4. The average molecular weight is 496 g/mol. The number of hydrogen-bond donors (Lipinski definition) is 3. The van der Waals surface area contributed by atoms with Crippen LogP contribution in [-0.2, 0) is 4.79 Å². The number of aromatic nitrogens is 2. The molecular formula is C22H27F7N4O. The normalized spacial score (nSPS) is 19.2. The van der Waals surface area contributed by atoms with E-state index in [0.29, 0.717) is 13.8 Å². The summed E-state index contributed by atoms with van der Waals surface area (Å²) < 4.78 is 96.1. The van der Waals surface area contributed by atoms with Crippen molar-refractivity contribution < 1.29 is 35.5 Å². The first kappa shape index (κ1) is 26.2. The van der Waals surface area contributed by atoms with Gasteiger partial charge in [0, 0.05) is 31.7 Å². The van der Waals surface area contributed by atoms with Crippen molar-refractivity contribution in [2.24, 2.45) is 11.7 Å². The summed E-state index contributed by atoms with van der Waals surface area (Å²) in [6, 6.07) is 1.66. The number of benzene rings is 1. The second kappa shape index (κ2) is 9.35. The number of nitrogens with one attached hydrogen (secondary N) is 2. The van der Waals surface area contributed by atoms with Gasteiger partial charge in [-0.2, -0.15) is 0 Å². The lowest BCUT2D eigenvalue weighted by Crippen LogP contribution is -2.39. The van der Waals surface area contributed by atoms with Crippen molar-refractivity contribution in [2.45, 2.75) is 75.7 Å². The molecule has 1 fully saturated rings. The number of rotatable bonds is 8. The third-order valence-corrected chi connectivity index (χ3v) is 6.05. The first-order valence-corrected chi connectivity index (χ1v) is 10.9. The molecule has 0 saturated heterocycles. The molecule has 1 aliphatic carbocycles. The predicted molar refractivity (Wildman–Crippen MR) is 111 cm³/mol. The summed E-state index contributed by atoms with van der Waals surface area (Å²) in [6.45, 7) is -0.00782. The van der Waals surface area contributed by atoms with Gasteiger partial charge in [0.2, 0.25) is 17.8 Å². The maximum absolute atomic E-state index is 15.4. The Bertz CT molecular complexity index is 1020. The zero-order valence-electron chi connectivity index (χ0n) is 18.7. The largest absolute Gasteiger partial charge is 0.350 e. The van der Waals surface area contributed by atoms with Crippen LogP contribution < -0.4 is 11.1 Å². The maximum Gasteiger partial charge on any atom is 0.262 e. The van der Waals surface area contributed by atoms with Crippen molar-refractivity contribution in [3.05, 3.63) is 29.3 Å². The summed E-state index contributed by atoms with van der Waals surface area (Å²) in [7, 11) is 0. The van der Waals surface area contributed by atoms with Crippen molar-refractivity contribution >= 4 is 16.9 Å². The number of carbonyl (C=O) groups is 1. The predicted octanol–water partition coefficient (Wildman–Crippen LogP) is 5.43. The number of alkyl halides is 6. The lowest BCUT2D eigenvalue weighted by Gasteiger charge is -2.31. The topological polar surface area (TPSA) is 83.8 Å². The van der Waals surface area contributed by atoms with Crippen LogP contribution in [0.3, 0.4) is 0 Å². The number of nitrogens with two attached hydrogens (primary N) is 1. The lowest BCUT2D eigenvalue weighted by molar-refractivity contribution is -0.126. The molecule has 3 rings (SSSR count). The van der Waals surface area contributed by atoms with Gasteiger partial charge in [-0.3, -0.25) is 4.79 Å². The number of halogens is 7. The molecule has 2 atom stereocenters. The number of fused-ring (bicyclic) bond motifs is 1. The Balaban J connectivity index is 1.90. The van der Waals surface area contributed by atoms with E-state index in [-0.39, 0.29) is 48.5 Å². The Morgan fingerprint density at radius 1 is 1.21 bits per heavy atom. The van der Waals surface area contributed by atoms with E-state index in [4.69, 9.17) is 5.73 Å². The van der Waals surface area contributed by atoms with Gasteiger partial charge in [-0.25, -0.2) is 35.7 Å². The molecular weight excluding hydrogens is 469 g/mol. The number of hydrogen-bond acceptors (Lipinski definition) is 3. The van der Waals surface area contributed by atoms with Crippen molar-refractivity contribution in [3.8, 4) is 0 Å². The van der Waals surface area contributed by atoms with Crippen molar-refractivity contribution in [3.63, 3.8) is 0 Å². The standard InChI is InChI=1S/C22H27F7N4O/c1-20(24,25)9-13(19(34)31-10-21(2,26)27)12-3-4-14-17(15(12)23)33-18(32-14)16(30)11-5-7-22(28,29)8-6-11/h3-4,11,13,16H,5-10,30H2,1-2H3,(H,31,34)(H,32,33)/t13?,16-/m0/s1. The van der Waals surface area contributed by atoms with Crippen molar-refractivity contribution in [2.75, 3.05) is 6.54 Å². The molecule has 1 saturated carbocycles. The van der Waals surface area contributed by atoms with Crippen LogP contribution in [0.4, 0.5) is 30.7 Å². The molecule has 34 heavy (non-hydrogen) atoms. The number of carbonyl (C=O) groups excluding carboxylic acids is 1. The smallest absolute Gasteiger partial charge is 0.262 e. The van der Waals surface area contributed by atoms with Crippen LogP contribution in [0.25, 0.3) is 11.0 Å². The summed E-state index contributed by atoms with van der Waals surface area (Å²) in [5, 5.41) is 1.89. The van der Waals surface area contributed by atoms with Crippen LogP contribution in [0.1, 0.15) is 69.3 Å². The van der Waals surface area contributed by atoms with Gasteiger partial charge in [0.25, 0.3) is 5.92 Å². The van der Waals surface area contributed by atoms with Gasteiger partial charge >= 0.3 is 0 Å². The molecule has 4 N–H and O–H groups in total. The monoisotopic (exact) mass is 496 g/mol. The second-order valence-corrected chi connectivity index (χ2v) is 9.32. The molecule has 1 unspecified atom stereocenters. The lowest BCUT2D eigenvalue weighted by atomic mass is 9.82. The third-order valence-electron chi connectivity index (χ3n) is 6.05. The van der Waals surface area contributed by atoms with Gasteiger partial charge in [-0.15, -0.1) is 0 Å². The molecule has 2 aromatic rings. The van der Waals surface area contributed by atoms with E-state index < -0.39 is 60.0 Å². The van der Waals surface area contributed by atoms with Crippen LogP contribution in [-0.4, -0.2) is 40.2 Å².